The van der Waals surface area contributed by atoms with Crippen LogP contribution in [-0.4, -0.2) is 26.0 Å². The van der Waals surface area contributed by atoms with Gasteiger partial charge in [-0.3, -0.25) is 4.79 Å². The lowest BCUT2D eigenvalue weighted by molar-refractivity contribution is -0.115. The van der Waals surface area contributed by atoms with Crippen LogP contribution in [0.15, 0.2) is 48.5 Å². The Hall–Kier alpha value is -2.77. The fourth-order valence-corrected chi connectivity index (χ4v) is 2.13. The van der Waals surface area contributed by atoms with Gasteiger partial charge in [-0.2, -0.15) is 0 Å². The normalized spacial score (nSPS) is 11.0. The SMILES string of the molecule is COC(=O)c1cc(NC(=O)Cc2ccccc2)cc([B-](F)(F)F)c1. The van der Waals surface area contributed by atoms with E-state index in [1.54, 1.807) is 30.3 Å². The summed E-state index contributed by atoms with van der Waals surface area (Å²) in [5.41, 5.74) is -0.635. The molecule has 0 saturated carbocycles. The van der Waals surface area contributed by atoms with Crippen molar-refractivity contribution in [1.29, 1.82) is 0 Å². The van der Waals surface area contributed by atoms with Gasteiger partial charge in [-0.1, -0.05) is 42.5 Å². The summed E-state index contributed by atoms with van der Waals surface area (Å²) < 4.78 is 43.4. The molecule has 0 aliphatic rings. The minimum atomic E-state index is -5.32. The van der Waals surface area contributed by atoms with Crippen LogP contribution in [0.3, 0.4) is 0 Å². The fourth-order valence-electron chi connectivity index (χ4n) is 2.13. The lowest BCUT2D eigenvalue weighted by Gasteiger charge is -2.18. The molecular weight excluding hydrogens is 322 g/mol. The maximum absolute atomic E-state index is 13.0. The van der Waals surface area contributed by atoms with E-state index < -0.39 is 24.3 Å². The zero-order valence-electron chi connectivity index (χ0n) is 12.8. The molecule has 0 aromatic heterocycles. The second kappa shape index (κ2) is 7.20. The van der Waals surface area contributed by atoms with Gasteiger partial charge in [0.25, 0.3) is 0 Å². The molecule has 0 spiro atoms. The second-order valence-corrected chi connectivity index (χ2v) is 5.12. The van der Waals surface area contributed by atoms with Crippen LogP contribution in [0.25, 0.3) is 0 Å². The van der Waals surface area contributed by atoms with Crippen LogP contribution in [-0.2, 0) is 16.0 Å². The molecule has 8 heteroatoms. The molecule has 24 heavy (non-hydrogen) atoms. The molecule has 126 valence electrons. The molecular formula is C16H14BF3NO3-. The minimum absolute atomic E-state index is 0.00971. The predicted octanol–water partition coefficient (Wildman–Crippen LogP) is 2.71. The summed E-state index contributed by atoms with van der Waals surface area (Å²) in [6.45, 7) is -5.32. The Morgan fingerprint density at radius 1 is 1.08 bits per heavy atom. The Morgan fingerprint density at radius 3 is 2.33 bits per heavy atom. The zero-order valence-corrected chi connectivity index (χ0v) is 12.8. The summed E-state index contributed by atoms with van der Waals surface area (Å²) in [5.74, 6) is -1.39. The number of esters is 1. The topological polar surface area (TPSA) is 55.4 Å². The van der Waals surface area contributed by atoms with Crippen molar-refractivity contribution in [1.82, 2.24) is 0 Å². The van der Waals surface area contributed by atoms with E-state index in [1.807, 2.05) is 0 Å². The van der Waals surface area contributed by atoms with Crippen LogP contribution >= 0.6 is 0 Å². The quantitative estimate of drug-likeness (QED) is 0.675. The number of anilines is 1. The maximum atomic E-state index is 13.0. The Balaban J connectivity index is 2.25. The van der Waals surface area contributed by atoms with Crippen LogP contribution in [0.5, 0.6) is 0 Å². The summed E-state index contributed by atoms with van der Waals surface area (Å²) >= 11 is 0. The zero-order chi connectivity index (χ0) is 17.7. The van der Waals surface area contributed by atoms with E-state index in [4.69, 9.17) is 0 Å². The number of rotatable bonds is 5. The summed E-state index contributed by atoms with van der Waals surface area (Å²) in [6.07, 6.45) is 0.00971. The molecule has 2 aromatic rings. The predicted molar refractivity (Wildman–Crippen MR) is 85.3 cm³/mol. The van der Waals surface area contributed by atoms with Gasteiger partial charge in [0.1, 0.15) is 0 Å². The average molecular weight is 336 g/mol. The number of nitrogens with one attached hydrogen (secondary N) is 1. The highest BCUT2D eigenvalue weighted by atomic mass is 19.4. The molecule has 2 rings (SSSR count). The van der Waals surface area contributed by atoms with E-state index in [9.17, 15) is 22.5 Å². The third kappa shape index (κ3) is 4.61. The van der Waals surface area contributed by atoms with Crippen molar-refractivity contribution in [2.45, 2.75) is 6.42 Å². The number of ether oxygens (including phenoxy) is 1. The van der Waals surface area contributed by atoms with Crippen LogP contribution < -0.4 is 10.8 Å². The molecule has 0 atom stereocenters. The van der Waals surface area contributed by atoms with Crippen LogP contribution in [0.1, 0.15) is 15.9 Å². The molecule has 0 heterocycles. The number of hydrogen-bond donors (Lipinski definition) is 1. The third-order valence-corrected chi connectivity index (χ3v) is 3.25. The van der Waals surface area contributed by atoms with Crippen LogP contribution in [0.2, 0.25) is 0 Å². The van der Waals surface area contributed by atoms with Crippen molar-refractivity contribution < 1.29 is 27.3 Å². The highest BCUT2D eigenvalue weighted by Gasteiger charge is 2.27. The summed E-state index contributed by atoms with van der Waals surface area (Å²) in [7, 11) is 1.07. The van der Waals surface area contributed by atoms with Gasteiger partial charge in [-0.25, -0.2) is 4.79 Å². The monoisotopic (exact) mass is 336 g/mol. The Morgan fingerprint density at radius 2 is 1.75 bits per heavy atom. The fraction of sp³-hybridized carbons (Fsp3) is 0.125. The largest absolute Gasteiger partial charge is 0.509 e. The number of carbonyl (C=O) groups is 2. The van der Waals surface area contributed by atoms with Gasteiger partial charge in [0.2, 0.25) is 5.91 Å². The standard InChI is InChI=1S/C16H14BF3NO3/c1-24-16(23)12-8-13(17(18,19)20)10-14(9-12)21-15(22)7-11-5-3-2-4-6-11/h2-6,8-10H,7H2,1H3,(H,21,22)/q-1. The number of hydrogen-bond acceptors (Lipinski definition) is 3. The van der Waals surface area contributed by atoms with Gasteiger partial charge in [0.15, 0.2) is 0 Å². The molecule has 0 unspecified atom stereocenters. The number of amides is 1. The van der Waals surface area contributed by atoms with Gasteiger partial charge in [0, 0.05) is 5.69 Å². The first kappa shape index (κ1) is 17.6. The smallest absolute Gasteiger partial charge is 0.465 e. The van der Waals surface area contributed by atoms with E-state index in [1.165, 1.54) is 0 Å². The molecule has 2 aromatic carbocycles. The van der Waals surface area contributed by atoms with Crippen molar-refractivity contribution in [2.24, 2.45) is 0 Å². The molecule has 0 saturated heterocycles. The highest BCUT2D eigenvalue weighted by Crippen LogP contribution is 2.17. The maximum Gasteiger partial charge on any atom is 0.509 e. The third-order valence-electron chi connectivity index (χ3n) is 3.25. The van der Waals surface area contributed by atoms with Crippen molar-refractivity contribution in [3.63, 3.8) is 0 Å². The Labute approximate surface area is 136 Å². The second-order valence-electron chi connectivity index (χ2n) is 5.12. The molecule has 0 bridgehead atoms. The van der Waals surface area contributed by atoms with E-state index >= 15 is 0 Å². The number of methoxy groups -OCH3 is 1. The van der Waals surface area contributed by atoms with Crippen LogP contribution in [0, 0.1) is 0 Å². The first-order valence-electron chi connectivity index (χ1n) is 7.06. The van der Waals surface area contributed by atoms with Crippen molar-refractivity contribution >= 4 is 30.0 Å². The van der Waals surface area contributed by atoms with Crippen molar-refractivity contribution in [2.75, 3.05) is 12.4 Å². The summed E-state index contributed by atoms with van der Waals surface area (Å²) in [5, 5.41) is 2.39. The molecule has 0 fully saturated rings. The molecule has 1 amide bonds. The van der Waals surface area contributed by atoms with E-state index in [2.05, 4.69) is 10.1 Å². The Bertz CT molecular complexity index is 748. The van der Waals surface area contributed by atoms with Gasteiger partial charge in [-0.15, -0.1) is 5.46 Å². The number of carbonyl (C=O) groups excluding carboxylic acids is 2. The van der Waals surface area contributed by atoms with Crippen molar-refractivity contribution in [3.8, 4) is 0 Å². The minimum Gasteiger partial charge on any atom is -0.465 e. The lowest BCUT2D eigenvalue weighted by atomic mass is 9.79. The molecule has 0 aliphatic carbocycles. The van der Waals surface area contributed by atoms with Gasteiger partial charge < -0.3 is 23.0 Å². The number of benzene rings is 2. The number of halogens is 3. The van der Waals surface area contributed by atoms with Crippen molar-refractivity contribution in [3.05, 3.63) is 59.7 Å². The average Bonchev–Trinajstić information content (AvgIpc) is 2.53. The van der Waals surface area contributed by atoms with E-state index in [-0.39, 0.29) is 17.7 Å². The Kier molecular flexibility index (Phi) is 5.28. The lowest BCUT2D eigenvalue weighted by Crippen LogP contribution is -2.35. The first-order chi connectivity index (χ1) is 11.3. The van der Waals surface area contributed by atoms with Gasteiger partial charge in [0.05, 0.1) is 19.1 Å². The molecule has 0 radical (unpaired) electrons. The molecule has 0 aliphatic heterocycles. The summed E-state index contributed by atoms with van der Waals surface area (Å²) in [6, 6.07) is 11.4. The van der Waals surface area contributed by atoms with Crippen LogP contribution in [0.4, 0.5) is 18.6 Å². The molecule has 4 nitrogen and oxygen atoms in total. The van der Waals surface area contributed by atoms with Gasteiger partial charge >= 0.3 is 12.9 Å². The molecule has 1 N–H and O–H groups in total. The van der Waals surface area contributed by atoms with E-state index in [0.717, 1.165) is 24.8 Å². The highest BCUT2D eigenvalue weighted by molar-refractivity contribution is 6.73. The van der Waals surface area contributed by atoms with E-state index in [0.29, 0.717) is 6.07 Å². The summed E-state index contributed by atoms with van der Waals surface area (Å²) in [4.78, 5) is 23.5. The van der Waals surface area contributed by atoms with Gasteiger partial charge in [-0.05, 0) is 11.6 Å². The first-order valence-corrected chi connectivity index (χ1v) is 7.06.